The molecule has 0 saturated carbocycles. The molecule has 2 unspecified atom stereocenters. The molecule has 4 rings (SSSR count). The molecule has 2 saturated heterocycles. The van der Waals surface area contributed by atoms with Crippen molar-refractivity contribution in [2.75, 3.05) is 0 Å². The van der Waals surface area contributed by atoms with Gasteiger partial charge in [0.15, 0.2) is 0 Å². The van der Waals surface area contributed by atoms with Crippen molar-refractivity contribution in [3.8, 4) is 0 Å². The van der Waals surface area contributed by atoms with Crippen LogP contribution in [-0.4, -0.2) is 19.8 Å². The molecule has 0 spiro atoms. The van der Waals surface area contributed by atoms with Crippen LogP contribution < -0.4 is 15.7 Å². The van der Waals surface area contributed by atoms with Crippen molar-refractivity contribution >= 4 is 18.4 Å². The lowest BCUT2D eigenvalue weighted by Crippen LogP contribution is -2.62. The molecule has 0 radical (unpaired) electrons. The first-order valence-electron chi connectivity index (χ1n) is 6.78. The Kier molecular flexibility index (Phi) is 2.23. The lowest BCUT2D eigenvalue weighted by atomic mass is 10.4. The zero-order chi connectivity index (χ0) is 12.0. The Morgan fingerprint density at radius 1 is 0.833 bits per heavy atom. The van der Waals surface area contributed by atoms with Crippen molar-refractivity contribution in [2.45, 2.75) is 24.2 Å². The topological polar surface area (TPSA) is 21.9 Å². The van der Waals surface area contributed by atoms with E-state index in [0.717, 1.165) is 11.7 Å². The van der Waals surface area contributed by atoms with Crippen molar-refractivity contribution < 1.29 is 0 Å². The predicted octanol–water partition coefficient (Wildman–Crippen LogP) is 1.53. The van der Waals surface area contributed by atoms with Crippen molar-refractivity contribution in [3.63, 3.8) is 0 Å². The Morgan fingerprint density at radius 2 is 1.39 bits per heavy atom. The van der Waals surface area contributed by atoms with Crippen molar-refractivity contribution in [3.05, 3.63) is 60.7 Å². The van der Waals surface area contributed by atoms with Gasteiger partial charge >= 0.3 is 0 Å². The van der Waals surface area contributed by atoms with Crippen LogP contribution in [0.2, 0.25) is 6.04 Å². The van der Waals surface area contributed by atoms with Crippen LogP contribution in [0.3, 0.4) is 0 Å². The van der Waals surface area contributed by atoms with Gasteiger partial charge in [-0.05, 0) is 12.5 Å². The molecule has 2 heterocycles. The third-order valence-electron chi connectivity index (χ3n) is 4.65. The highest BCUT2D eigenvalue weighted by atomic mass is 28.3. The van der Waals surface area contributed by atoms with Crippen molar-refractivity contribution in [1.82, 2.24) is 5.32 Å². The Bertz CT molecular complexity index is 512. The number of fused-ring (bicyclic) bond motifs is 1. The van der Waals surface area contributed by atoms with Crippen LogP contribution in [0.5, 0.6) is 0 Å². The summed E-state index contributed by atoms with van der Waals surface area (Å²) in [4.78, 5) is 0. The monoisotopic (exact) mass is 251 g/mol. The summed E-state index contributed by atoms with van der Waals surface area (Å²) >= 11 is 0. The lowest BCUT2D eigenvalue weighted by molar-refractivity contribution is 0.900. The molecule has 2 aliphatic heterocycles. The van der Waals surface area contributed by atoms with Crippen molar-refractivity contribution in [2.24, 2.45) is 0 Å². The van der Waals surface area contributed by atoms with Crippen LogP contribution in [-0.2, 0) is 0 Å². The first kappa shape index (κ1) is 10.5. The van der Waals surface area contributed by atoms with E-state index in [1.165, 1.54) is 12.5 Å². The molecule has 0 amide bonds. The number of nitrogens with one attached hydrogen (secondary N) is 1. The Hall–Kier alpha value is -1.38. The quantitative estimate of drug-likeness (QED) is 0.634. The number of hydrogen-bond donors (Lipinski definition) is 1. The number of rotatable bonds is 2. The van der Waals surface area contributed by atoms with Crippen LogP contribution in [0, 0.1) is 0 Å². The molecule has 2 aliphatic rings. The van der Waals surface area contributed by atoms with Gasteiger partial charge in [0.1, 0.15) is 8.07 Å². The Balaban J connectivity index is 1.90. The first-order chi connectivity index (χ1) is 8.91. The van der Waals surface area contributed by atoms with Crippen molar-refractivity contribution in [1.29, 1.82) is 0 Å². The molecule has 2 heteroatoms. The van der Waals surface area contributed by atoms with Gasteiger partial charge in [0, 0.05) is 11.7 Å². The van der Waals surface area contributed by atoms with E-state index in [0.29, 0.717) is 0 Å². The maximum absolute atomic E-state index is 3.72. The smallest absolute Gasteiger partial charge is 0.136 e. The fourth-order valence-electron chi connectivity index (χ4n) is 3.74. The van der Waals surface area contributed by atoms with E-state index in [9.17, 15) is 0 Å². The van der Waals surface area contributed by atoms with Crippen LogP contribution in [0.15, 0.2) is 60.7 Å². The molecule has 1 nitrogen and oxygen atoms in total. The molecule has 2 fully saturated rings. The first-order valence-corrected chi connectivity index (χ1v) is 9.07. The lowest BCUT2D eigenvalue weighted by Gasteiger charge is -2.29. The van der Waals surface area contributed by atoms with Crippen LogP contribution >= 0.6 is 0 Å². The molecule has 0 bridgehead atoms. The maximum atomic E-state index is 3.72. The molecule has 2 aromatic rings. The van der Waals surface area contributed by atoms with Gasteiger partial charge in [0.2, 0.25) is 0 Å². The molecule has 18 heavy (non-hydrogen) atoms. The molecule has 1 N–H and O–H groups in total. The average Bonchev–Trinajstić information content (AvgIpc) is 3.15. The molecule has 0 aromatic heterocycles. The normalized spacial score (nSPS) is 27.8. The molecular formula is C16H17NSi. The van der Waals surface area contributed by atoms with Gasteiger partial charge in [0.25, 0.3) is 0 Å². The van der Waals surface area contributed by atoms with E-state index in [4.69, 9.17) is 0 Å². The van der Waals surface area contributed by atoms with Crippen LogP contribution in [0.25, 0.3) is 0 Å². The maximum Gasteiger partial charge on any atom is 0.136 e. The summed E-state index contributed by atoms with van der Waals surface area (Å²) in [6.45, 7) is 0. The largest absolute Gasteiger partial charge is 0.310 e. The number of hydrogen-bond acceptors (Lipinski definition) is 1. The predicted molar refractivity (Wildman–Crippen MR) is 78.0 cm³/mol. The minimum absolute atomic E-state index is 0.780. The standard InChI is InChI=1S/C16H17NSi/c1-3-7-13(8-4-1)18(12-11-15-16(18)17-15)14-9-5-2-6-10-14/h1-10,15-17H,11-12H2. The van der Waals surface area contributed by atoms with Gasteiger partial charge in [-0.3, -0.25) is 0 Å². The van der Waals surface area contributed by atoms with E-state index in [2.05, 4.69) is 66.0 Å². The SMILES string of the molecule is c1ccc([Si]2(c3ccccc3)CCC3NC32)cc1. The second-order valence-corrected chi connectivity index (χ2v) is 9.71. The van der Waals surface area contributed by atoms with Gasteiger partial charge in [-0.15, -0.1) is 0 Å². The Labute approximate surface area is 109 Å². The summed E-state index contributed by atoms with van der Waals surface area (Å²) in [5.74, 6) is 0. The van der Waals surface area contributed by atoms with E-state index in [1.807, 2.05) is 0 Å². The third-order valence-corrected chi connectivity index (χ3v) is 10.1. The van der Waals surface area contributed by atoms with Gasteiger partial charge in [-0.25, -0.2) is 0 Å². The molecular weight excluding hydrogens is 234 g/mol. The average molecular weight is 251 g/mol. The fourth-order valence-corrected chi connectivity index (χ4v) is 9.37. The summed E-state index contributed by atoms with van der Waals surface area (Å²) in [6, 6.07) is 24.6. The van der Waals surface area contributed by atoms with Gasteiger partial charge in [0.05, 0.1) is 0 Å². The second kappa shape index (κ2) is 3.80. The zero-order valence-electron chi connectivity index (χ0n) is 10.3. The summed E-state index contributed by atoms with van der Waals surface area (Å²) < 4.78 is 0. The summed E-state index contributed by atoms with van der Waals surface area (Å²) in [6.07, 6.45) is 1.36. The van der Waals surface area contributed by atoms with E-state index >= 15 is 0 Å². The molecule has 2 aromatic carbocycles. The van der Waals surface area contributed by atoms with Crippen LogP contribution in [0.1, 0.15) is 6.42 Å². The molecule has 90 valence electrons. The molecule has 0 aliphatic carbocycles. The van der Waals surface area contributed by atoms with E-state index in [-0.39, 0.29) is 0 Å². The third kappa shape index (κ3) is 1.36. The second-order valence-electron chi connectivity index (χ2n) is 5.49. The highest BCUT2D eigenvalue weighted by Gasteiger charge is 2.60. The molecule has 2 atom stereocenters. The highest BCUT2D eigenvalue weighted by Crippen LogP contribution is 2.38. The fraction of sp³-hybridized carbons (Fsp3) is 0.250. The summed E-state index contributed by atoms with van der Waals surface area (Å²) in [7, 11) is -1.52. The highest BCUT2D eigenvalue weighted by molar-refractivity contribution is 7.04. The Morgan fingerprint density at radius 3 is 1.78 bits per heavy atom. The van der Waals surface area contributed by atoms with Crippen LogP contribution in [0.4, 0.5) is 0 Å². The van der Waals surface area contributed by atoms with Gasteiger partial charge in [-0.1, -0.05) is 71.0 Å². The van der Waals surface area contributed by atoms with E-state index in [1.54, 1.807) is 10.4 Å². The summed E-state index contributed by atoms with van der Waals surface area (Å²) in [5, 5.41) is 6.93. The zero-order valence-corrected chi connectivity index (χ0v) is 11.3. The van der Waals surface area contributed by atoms with Gasteiger partial charge < -0.3 is 5.32 Å². The van der Waals surface area contributed by atoms with Gasteiger partial charge in [-0.2, -0.15) is 0 Å². The summed E-state index contributed by atoms with van der Waals surface area (Å²) in [5.41, 5.74) is 0.780. The number of benzene rings is 2. The minimum atomic E-state index is -1.52. The van der Waals surface area contributed by atoms with E-state index < -0.39 is 8.07 Å². The minimum Gasteiger partial charge on any atom is -0.310 e.